The lowest BCUT2D eigenvalue weighted by atomic mass is 10.1. The molecule has 1 heterocycles. The van der Waals surface area contributed by atoms with Crippen LogP contribution in [0.3, 0.4) is 0 Å². The number of aliphatic carboxylic acids is 1. The van der Waals surface area contributed by atoms with Crippen LogP contribution in [0.25, 0.3) is 0 Å². The van der Waals surface area contributed by atoms with Gasteiger partial charge in [-0.2, -0.15) is 0 Å². The number of benzene rings is 2. The zero-order valence-electron chi connectivity index (χ0n) is 13.5. The lowest BCUT2D eigenvalue weighted by Crippen LogP contribution is -2.48. The highest BCUT2D eigenvalue weighted by molar-refractivity contribution is 7.86. The number of nitrogens with zero attached hydrogens (tertiary/aromatic N) is 1. The summed E-state index contributed by atoms with van der Waals surface area (Å²) in [5.41, 5.74) is 1.24. The summed E-state index contributed by atoms with van der Waals surface area (Å²) in [4.78, 5) is 25.7. The fourth-order valence-corrected chi connectivity index (χ4v) is 4.38. The lowest BCUT2D eigenvalue weighted by Gasteiger charge is -2.32. The molecule has 0 saturated carbocycles. The summed E-state index contributed by atoms with van der Waals surface area (Å²) < 4.78 is 18.0. The lowest BCUT2D eigenvalue weighted by molar-refractivity contribution is -0.136. The van der Waals surface area contributed by atoms with Crippen molar-refractivity contribution in [1.29, 1.82) is 0 Å². The van der Waals surface area contributed by atoms with Crippen LogP contribution in [-0.2, 0) is 26.8 Å². The van der Waals surface area contributed by atoms with E-state index >= 15 is 0 Å². The van der Waals surface area contributed by atoms with Crippen molar-refractivity contribution >= 4 is 28.4 Å². The first-order valence-corrected chi connectivity index (χ1v) is 8.88. The first kappa shape index (κ1) is 17.2. The Hall–Kier alpha value is -2.67. The second kappa shape index (κ2) is 7.06. The molecule has 0 bridgehead atoms. The molecule has 25 heavy (non-hydrogen) atoms. The van der Waals surface area contributed by atoms with Crippen LogP contribution in [0.4, 0.5) is 5.69 Å². The average molecular weight is 359 g/mol. The number of hydrogen-bond donors (Lipinski definition) is 1. The van der Waals surface area contributed by atoms with Crippen molar-refractivity contribution in [3.63, 3.8) is 0 Å². The number of carboxylic acids is 1. The van der Waals surface area contributed by atoms with E-state index in [2.05, 4.69) is 0 Å². The number of amides is 1. The SMILES string of the molecule is COc1ccc(CC2C(=O)N(CC(=O)O)c3ccccc3S2=O)cc1. The van der Waals surface area contributed by atoms with Crippen molar-refractivity contribution in [2.24, 2.45) is 0 Å². The van der Waals surface area contributed by atoms with Gasteiger partial charge in [-0.15, -0.1) is 0 Å². The molecule has 1 aliphatic heterocycles. The number of para-hydroxylation sites is 1. The molecule has 130 valence electrons. The second-order valence-corrected chi connectivity index (χ2v) is 7.23. The van der Waals surface area contributed by atoms with Crippen LogP contribution < -0.4 is 9.64 Å². The molecule has 2 atom stereocenters. The number of rotatable bonds is 5. The molecule has 6 nitrogen and oxygen atoms in total. The molecule has 3 rings (SSSR count). The van der Waals surface area contributed by atoms with Crippen molar-refractivity contribution in [2.75, 3.05) is 18.6 Å². The topological polar surface area (TPSA) is 83.9 Å². The summed E-state index contributed by atoms with van der Waals surface area (Å²) in [6, 6.07) is 13.9. The molecule has 1 amide bonds. The summed E-state index contributed by atoms with van der Waals surface area (Å²) in [6.07, 6.45) is 0.264. The minimum absolute atomic E-state index is 0.264. The zero-order valence-corrected chi connectivity index (χ0v) is 14.4. The number of fused-ring (bicyclic) bond motifs is 1. The Balaban J connectivity index is 1.95. The number of ether oxygens (including phenoxy) is 1. The van der Waals surface area contributed by atoms with Crippen molar-refractivity contribution in [2.45, 2.75) is 16.6 Å². The number of methoxy groups -OCH3 is 1. The standard InChI is InChI=1S/C18H17NO5S/c1-24-13-8-6-12(7-9-13)10-16-18(22)19(11-17(20)21)14-4-2-3-5-15(14)25(16)23/h2-9,16H,10-11H2,1H3,(H,20,21). The molecular formula is C18H17NO5S. The molecule has 2 aromatic rings. The fourth-order valence-electron chi connectivity index (χ4n) is 2.82. The van der Waals surface area contributed by atoms with Crippen LogP contribution in [0, 0.1) is 0 Å². The van der Waals surface area contributed by atoms with Crippen LogP contribution >= 0.6 is 0 Å². The van der Waals surface area contributed by atoms with E-state index in [9.17, 15) is 13.8 Å². The van der Waals surface area contributed by atoms with Crippen LogP contribution in [0.5, 0.6) is 5.75 Å². The van der Waals surface area contributed by atoms with Gasteiger partial charge in [-0.05, 0) is 36.2 Å². The van der Waals surface area contributed by atoms with E-state index in [1.807, 2.05) is 12.1 Å². The van der Waals surface area contributed by atoms with Gasteiger partial charge in [-0.25, -0.2) is 0 Å². The van der Waals surface area contributed by atoms with Gasteiger partial charge in [0.05, 0.1) is 28.5 Å². The maximum atomic E-state index is 12.9. The molecule has 0 saturated heterocycles. The second-order valence-electron chi connectivity index (χ2n) is 5.62. The van der Waals surface area contributed by atoms with Crippen LogP contribution in [0.2, 0.25) is 0 Å². The van der Waals surface area contributed by atoms with E-state index < -0.39 is 34.5 Å². The molecular weight excluding hydrogens is 342 g/mol. The third-order valence-electron chi connectivity index (χ3n) is 4.05. The summed E-state index contributed by atoms with van der Waals surface area (Å²) in [5, 5.41) is 8.31. The van der Waals surface area contributed by atoms with E-state index in [0.29, 0.717) is 16.3 Å². The predicted octanol–water partition coefficient (Wildman–Crippen LogP) is 1.85. The van der Waals surface area contributed by atoms with E-state index in [4.69, 9.17) is 9.84 Å². The highest BCUT2D eigenvalue weighted by Crippen LogP contribution is 2.33. The van der Waals surface area contributed by atoms with E-state index in [-0.39, 0.29) is 6.42 Å². The van der Waals surface area contributed by atoms with Crippen LogP contribution in [-0.4, -0.2) is 40.1 Å². The highest BCUT2D eigenvalue weighted by Gasteiger charge is 2.39. The third-order valence-corrected chi connectivity index (χ3v) is 5.71. The van der Waals surface area contributed by atoms with Gasteiger partial charge in [0.1, 0.15) is 17.5 Å². The van der Waals surface area contributed by atoms with Gasteiger partial charge >= 0.3 is 5.97 Å². The van der Waals surface area contributed by atoms with Crippen LogP contribution in [0.15, 0.2) is 53.4 Å². The average Bonchev–Trinajstić information content (AvgIpc) is 2.62. The van der Waals surface area contributed by atoms with Crippen molar-refractivity contribution < 1.29 is 23.6 Å². The van der Waals surface area contributed by atoms with E-state index in [1.165, 1.54) is 4.90 Å². The molecule has 0 aromatic heterocycles. The molecule has 1 N–H and O–H groups in total. The minimum Gasteiger partial charge on any atom is -0.497 e. The minimum atomic E-state index is -1.54. The summed E-state index contributed by atoms with van der Waals surface area (Å²) >= 11 is 0. The molecule has 0 aliphatic carbocycles. The Morgan fingerprint density at radius 2 is 1.88 bits per heavy atom. The molecule has 7 heteroatoms. The summed E-state index contributed by atoms with van der Waals surface area (Å²) in [5.74, 6) is -0.855. The van der Waals surface area contributed by atoms with Gasteiger partial charge in [0.15, 0.2) is 0 Å². The molecule has 2 aromatic carbocycles. The number of carbonyl (C=O) groups is 2. The van der Waals surface area contributed by atoms with Gasteiger partial charge in [-0.1, -0.05) is 24.3 Å². The van der Waals surface area contributed by atoms with Crippen molar-refractivity contribution in [1.82, 2.24) is 0 Å². The Labute approximate surface area is 147 Å². The number of anilines is 1. The largest absolute Gasteiger partial charge is 0.497 e. The van der Waals surface area contributed by atoms with Gasteiger partial charge < -0.3 is 9.84 Å². The molecule has 1 aliphatic rings. The number of carboxylic acid groups (broad SMARTS) is 1. The number of hydrogen-bond acceptors (Lipinski definition) is 4. The molecule has 2 unspecified atom stereocenters. The van der Waals surface area contributed by atoms with Gasteiger partial charge in [0, 0.05) is 0 Å². The first-order chi connectivity index (χ1) is 12.0. The maximum Gasteiger partial charge on any atom is 0.323 e. The highest BCUT2D eigenvalue weighted by atomic mass is 32.2. The van der Waals surface area contributed by atoms with Crippen molar-refractivity contribution in [3.8, 4) is 5.75 Å². The predicted molar refractivity (Wildman–Crippen MR) is 93.3 cm³/mol. The Morgan fingerprint density at radius 3 is 2.52 bits per heavy atom. The third kappa shape index (κ3) is 3.41. The quantitative estimate of drug-likeness (QED) is 0.881. The van der Waals surface area contributed by atoms with Gasteiger partial charge in [-0.3, -0.25) is 18.7 Å². The summed E-state index contributed by atoms with van der Waals surface area (Å²) in [7, 11) is 0.0234. The van der Waals surface area contributed by atoms with E-state index in [1.54, 1.807) is 43.5 Å². The van der Waals surface area contributed by atoms with Gasteiger partial charge in [0.2, 0.25) is 5.91 Å². The Kier molecular flexibility index (Phi) is 4.85. The fraction of sp³-hybridized carbons (Fsp3) is 0.222. The monoisotopic (exact) mass is 359 g/mol. The summed E-state index contributed by atoms with van der Waals surface area (Å²) in [6.45, 7) is -0.452. The first-order valence-electron chi connectivity index (χ1n) is 7.67. The molecule has 0 spiro atoms. The normalized spacial score (nSPS) is 19.4. The van der Waals surface area contributed by atoms with E-state index in [0.717, 1.165) is 5.56 Å². The van der Waals surface area contributed by atoms with Crippen LogP contribution in [0.1, 0.15) is 5.56 Å². The Morgan fingerprint density at radius 1 is 1.20 bits per heavy atom. The zero-order chi connectivity index (χ0) is 18.0. The molecule has 0 fully saturated rings. The Bertz CT molecular complexity index is 834. The van der Waals surface area contributed by atoms with Crippen molar-refractivity contribution in [3.05, 3.63) is 54.1 Å². The molecule has 0 radical (unpaired) electrons. The van der Waals surface area contributed by atoms with Gasteiger partial charge in [0.25, 0.3) is 0 Å². The number of carbonyl (C=O) groups excluding carboxylic acids is 1. The maximum absolute atomic E-state index is 12.9. The smallest absolute Gasteiger partial charge is 0.323 e.